The minimum absolute atomic E-state index is 0.128. The van der Waals surface area contributed by atoms with Gasteiger partial charge in [0.1, 0.15) is 23.7 Å². The van der Waals surface area contributed by atoms with Crippen molar-refractivity contribution in [3.63, 3.8) is 0 Å². The average molecular weight is 328 g/mol. The smallest absolute Gasteiger partial charge is 0.345 e. The molecule has 2 rings (SSSR count). The summed E-state index contributed by atoms with van der Waals surface area (Å²) in [6.07, 6.45) is 0. The molecular formula is C19H20O5. The van der Waals surface area contributed by atoms with Crippen molar-refractivity contribution < 1.29 is 23.8 Å². The van der Waals surface area contributed by atoms with Gasteiger partial charge < -0.3 is 14.2 Å². The zero-order chi connectivity index (χ0) is 17.5. The fraction of sp³-hybridized carbons (Fsp3) is 0.263. The van der Waals surface area contributed by atoms with Crippen LogP contribution >= 0.6 is 0 Å². The lowest BCUT2D eigenvalue weighted by Gasteiger charge is -2.16. The number of carbonyl (C=O) groups excluding carboxylic acids is 2. The van der Waals surface area contributed by atoms with E-state index in [1.165, 1.54) is 14.0 Å². The molecule has 0 unspecified atom stereocenters. The molecule has 2 aromatic rings. The van der Waals surface area contributed by atoms with Crippen LogP contribution in [0, 0.1) is 0 Å². The molecule has 5 nitrogen and oxygen atoms in total. The zero-order valence-corrected chi connectivity index (χ0v) is 14.0. The third-order valence-electron chi connectivity index (χ3n) is 3.42. The van der Waals surface area contributed by atoms with Crippen LogP contribution in [0.2, 0.25) is 0 Å². The molecule has 0 N–H and O–H groups in total. The summed E-state index contributed by atoms with van der Waals surface area (Å²) in [4.78, 5) is 24.1. The Balaban J connectivity index is 2.42. The highest BCUT2D eigenvalue weighted by molar-refractivity contribution is 6.04. The first kappa shape index (κ1) is 17.5. The third-order valence-corrected chi connectivity index (χ3v) is 3.42. The highest BCUT2D eigenvalue weighted by Gasteiger charge is 2.24. The molecule has 126 valence electrons. The van der Waals surface area contributed by atoms with E-state index in [1.807, 2.05) is 30.3 Å². The molecule has 0 spiro atoms. The molecule has 2 aromatic carbocycles. The fourth-order valence-corrected chi connectivity index (χ4v) is 2.31. The molecule has 0 aromatic heterocycles. The number of ether oxygens (including phenoxy) is 3. The van der Waals surface area contributed by atoms with Gasteiger partial charge in [-0.1, -0.05) is 30.3 Å². The number of benzene rings is 2. The molecule has 24 heavy (non-hydrogen) atoms. The van der Waals surface area contributed by atoms with Crippen molar-refractivity contribution in [1.29, 1.82) is 0 Å². The Bertz CT molecular complexity index is 722. The SMILES string of the molecule is CCOC(=O)c1c(OCc2ccccc2)ccc(C(C)=O)c1OC. The molecule has 0 aliphatic heterocycles. The topological polar surface area (TPSA) is 61.8 Å². The van der Waals surface area contributed by atoms with E-state index < -0.39 is 5.97 Å². The Morgan fingerprint density at radius 2 is 1.75 bits per heavy atom. The second-order valence-electron chi connectivity index (χ2n) is 5.07. The Kier molecular flexibility index (Phi) is 5.95. The van der Waals surface area contributed by atoms with Crippen LogP contribution < -0.4 is 9.47 Å². The molecule has 0 heterocycles. The van der Waals surface area contributed by atoms with Crippen molar-refractivity contribution >= 4 is 11.8 Å². The fourth-order valence-electron chi connectivity index (χ4n) is 2.31. The summed E-state index contributed by atoms with van der Waals surface area (Å²) in [5.74, 6) is -0.293. The van der Waals surface area contributed by atoms with Crippen LogP contribution in [-0.4, -0.2) is 25.5 Å². The van der Waals surface area contributed by atoms with Crippen molar-refractivity contribution in [2.24, 2.45) is 0 Å². The number of hydrogen-bond acceptors (Lipinski definition) is 5. The van der Waals surface area contributed by atoms with Crippen molar-refractivity contribution in [3.8, 4) is 11.5 Å². The van der Waals surface area contributed by atoms with Crippen LogP contribution in [0.3, 0.4) is 0 Å². The highest BCUT2D eigenvalue weighted by atomic mass is 16.5. The molecule has 0 aliphatic rings. The number of methoxy groups -OCH3 is 1. The quantitative estimate of drug-likeness (QED) is 0.573. The van der Waals surface area contributed by atoms with Crippen molar-refractivity contribution in [2.75, 3.05) is 13.7 Å². The standard InChI is InChI=1S/C19H20O5/c1-4-23-19(21)17-16(24-12-14-8-6-5-7-9-14)11-10-15(13(2)20)18(17)22-3/h5-11H,4,12H2,1-3H3. The van der Waals surface area contributed by atoms with E-state index in [4.69, 9.17) is 14.2 Å². The summed E-state index contributed by atoms with van der Waals surface area (Å²) in [7, 11) is 1.41. The maximum atomic E-state index is 12.3. The van der Waals surface area contributed by atoms with E-state index in [1.54, 1.807) is 19.1 Å². The highest BCUT2D eigenvalue weighted by Crippen LogP contribution is 2.34. The van der Waals surface area contributed by atoms with E-state index in [2.05, 4.69) is 0 Å². The van der Waals surface area contributed by atoms with Gasteiger partial charge in [0.2, 0.25) is 0 Å². The zero-order valence-electron chi connectivity index (χ0n) is 14.0. The van der Waals surface area contributed by atoms with Gasteiger partial charge in [-0.25, -0.2) is 4.79 Å². The lowest BCUT2D eigenvalue weighted by atomic mass is 10.0. The van der Waals surface area contributed by atoms with Gasteiger partial charge in [-0.15, -0.1) is 0 Å². The molecular weight excluding hydrogens is 308 g/mol. The first-order valence-corrected chi connectivity index (χ1v) is 7.64. The minimum atomic E-state index is -0.583. The maximum Gasteiger partial charge on any atom is 0.345 e. The van der Waals surface area contributed by atoms with Gasteiger partial charge in [-0.05, 0) is 31.5 Å². The number of rotatable bonds is 7. The van der Waals surface area contributed by atoms with Crippen LogP contribution in [-0.2, 0) is 11.3 Å². The van der Waals surface area contributed by atoms with E-state index >= 15 is 0 Å². The van der Waals surface area contributed by atoms with E-state index in [0.29, 0.717) is 11.3 Å². The van der Waals surface area contributed by atoms with Crippen molar-refractivity contribution in [3.05, 3.63) is 59.2 Å². The lowest BCUT2D eigenvalue weighted by molar-refractivity contribution is 0.0517. The van der Waals surface area contributed by atoms with E-state index in [9.17, 15) is 9.59 Å². The Morgan fingerprint density at radius 1 is 1.04 bits per heavy atom. The van der Waals surface area contributed by atoms with Crippen LogP contribution in [0.25, 0.3) is 0 Å². The second kappa shape index (κ2) is 8.15. The molecule has 0 atom stereocenters. The molecule has 0 bridgehead atoms. The number of hydrogen-bond donors (Lipinski definition) is 0. The van der Waals surface area contributed by atoms with Gasteiger partial charge in [0.25, 0.3) is 0 Å². The van der Waals surface area contributed by atoms with Gasteiger partial charge in [-0.2, -0.15) is 0 Å². The lowest BCUT2D eigenvalue weighted by Crippen LogP contribution is -2.12. The molecule has 0 saturated carbocycles. The summed E-state index contributed by atoms with van der Waals surface area (Å²) >= 11 is 0. The van der Waals surface area contributed by atoms with Crippen LogP contribution in [0.1, 0.15) is 40.1 Å². The van der Waals surface area contributed by atoms with Crippen LogP contribution in [0.15, 0.2) is 42.5 Å². The second-order valence-corrected chi connectivity index (χ2v) is 5.07. The summed E-state index contributed by atoms with van der Waals surface area (Å²) < 4.78 is 16.2. The number of Topliss-reactive ketones (excluding diaryl/α,β-unsaturated/α-hetero) is 1. The average Bonchev–Trinajstić information content (AvgIpc) is 2.59. The molecule has 5 heteroatoms. The van der Waals surface area contributed by atoms with Crippen molar-refractivity contribution in [2.45, 2.75) is 20.5 Å². The third kappa shape index (κ3) is 3.93. The monoisotopic (exact) mass is 328 g/mol. The first-order valence-electron chi connectivity index (χ1n) is 7.64. The predicted octanol–water partition coefficient (Wildman–Crippen LogP) is 3.65. The van der Waals surface area contributed by atoms with Crippen molar-refractivity contribution in [1.82, 2.24) is 0 Å². The molecule has 0 saturated heterocycles. The van der Waals surface area contributed by atoms with Crippen LogP contribution in [0.4, 0.5) is 0 Å². The summed E-state index contributed by atoms with van der Waals surface area (Å²) in [6.45, 7) is 3.63. The van der Waals surface area contributed by atoms with Gasteiger partial charge in [-0.3, -0.25) is 4.79 Å². The Hall–Kier alpha value is -2.82. The van der Waals surface area contributed by atoms with Gasteiger partial charge in [0.15, 0.2) is 5.78 Å². The maximum absolute atomic E-state index is 12.3. The predicted molar refractivity (Wildman–Crippen MR) is 89.7 cm³/mol. The molecule has 0 aliphatic carbocycles. The number of ketones is 1. The van der Waals surface area contributed by atoms with Crippen LogP contribution in [0.5, 0.6) is 11.5 Å². The summed E-state index contributed by atoms with van der Waals surface area (Å²) in [5, 5.41) is 0. The van der Waals surface area contributed by atoms with Gasteiger partial charge >= 0.3 is 5.97 Å². The summed E-state index contributed by atoms with van der Waals surface area (Å²) in [5.41, 5.74) is 1.40. The minimum Gasteiger partial charge on any atom is -0.495 e. The molecule has 0 radical (unpaired) electrons. The largest absolute Gasteiger partial charge is 0.495 e. The van der Waals surface area contributed by atoms with E-state index in [0.717, 1.165) is 5.56 Å². The number of carbonyl (C=O) groups is 2. The summed E-state index contributed by atoms with van der Waals surface area (Å²) in [6, 6.07) is 12.8. The Labute approximate surface area is 141 Å². The first-order chi connectivity index (χ1) is 11.6. The number of esters is 1. The van der Waals surface area contributed by atoms with E-state index in [-0.39, 0.29) is 30.3 Å². The Morgan fingerprint density at radius 3 is 2.33 bits per heavy atom. The van der Waals surface area contributed by atoms with Gasteiger partial charge in [0, 0.05) is 0 Å². The normalized spacial score (nSPS) is 10.1. The molecule has 0 amide bonds. The van der Waals surface area contributed by atoms with Gasteiger partial charge in [0.05, 0.1) is 19.3 Å². The molecule has 0 fully saturated rings.